The number of nitriles is 1. The van der Waals surface area contributed by atoms with Gasteiger partial charge in [-0.15, -0.1) is 0 Å². The summed E-state index contributed by atoms with van der Waals surface area (Å²) in [6, 6.07) is 12.5. The Hall–Kier alpha value is -1.37. The minimum Gasteiger partial charge on any atom is -0.353 e. The Bertz CT molecular complexity index is 420. The molecule has 0 aliphatic carbocycles. The van der Waals surface area contributed by atoms with E-state index in [0.29, 0.717) is 6.42 Å². The summed E-state index contributed by atoms with van der Waals surface area (Å²) < 4.78 is 11.4. The van der Waals surface area contributed by atoms with Gasteiger partial charge in [0.25, 0.3) is 0 Å². The van der Waals surface area contributed by atoms with Crippen molar-refractivity contribution in [2.24, 2.45) is 0 Å². The molecule has 1 aliphatic rings. The quantitative estimate of drug-likeness (QED) is 0.813. The maximum absolute atomic E-state index is 9.36. The van der Waals surface area contributed by atoms with Crippen LogP contribution < -0.4 is 0 Å². The molecule has 1 aromatic rings. The molecule has 0 spiro atoms. The molecule has 1 fully saturated rings. The maximum atomic E-state index is 9.36. The van der Waals surface area contributed by atoms with Crippen LogP contribution in [-0.2, 0) is 15.9 Å². The Morgan fingerprint density at radius 2 is 2.16 bits per heavy atom. The van der Waals surface area contributed by atoms with E-state index in [-0.39, 0.29) is 6.29 Å². The summed E-state index contributed by atoms with van der Waals surface area (Å²) in [7, 11) is 0. The lowest BCUT2D eigenvalue weighted by molar-refractivity contribution is -0.205. The Morgan fingerprint density at radius 1 is 1.37 bits per heavy atom. The predicted octanol–water partition coefficient (Wildman–Crippen LogP) is 3.44. The van der Waals surface area contributed by atoms with E-state index in [4.69, 9.17) is 9.47 Å². The number of hydrogen-bond acceptors (Lipinski definition) is 3. The van der Waals surface area contributed by atoms with Gasteiger partial charge in [0.2, 0.25) is 0 Å². The van der Waals surface area contributed by atoms with Crippen LogP contribution in [0.15, 0.2) is 30.3 Å². The summed E-state index contributed by atoms with van der Waals surface area (Å²) >= 11 is 0. The first-order valence-electron chi connectivity index (χ1n) is 6.96. The molecule has 0 amide bonds. The third kappa shape index (κ3) is 4.34. The van der Waals surface area contributed by atoms with Gasteiger partial charge in [-0.25, -0.2) is 0 Å². The van der Waals surface area contributed by atoms with Crippen molar-refractivity contribution < 1.29 is 9.47 Å². The summed E-state index contributed by atoms with van der Waals surface area (Å²) in [5.74, 6) is 0. The number of aryl methyl sites for hydroxylation is 1. The fourth-order valence-electron chi connectivity index (χ4n) is 2.26. The van der Waals surface area contributed by atoms with Gasteiger partial charge in [0.1, 0.15) is 0 Å². The van der Waals surface area contributed by atoms with Gasteiger partial charge in [-0.1, -0.05) is 30.3 Å². The summed E-state index contributed by atoms with van der Waals surface area (Å²) in [5.41, 5.74) is 0.467. The number of hydrogen-bond donors (Lipinski definition) is 0. The zero-order valence-corrected chi connectivity index (χ0v) is 11.5. The van der Waals surface area contributed by atoms with E-state index >= 15 is 0 Å². The van der Waals surface area contributed by atoms with E-state index < -0.39 is 5.60 Å². The Morgan fingerprint density at radius 3 is 2.79 bits per heavy atom. The van der Waals surface area contributed by atoms with E-state index in [0.717, 1.165) is 32.3 Å². The minimum absolute atomic E-state index is 0.214. The smallest absolute Gasteiger partial charge is 0.159 e. The highest BCUT2D eigenvalue weighted by Gasteiger charge is 2.29. The van der Waals surface area contributed by atoms with Crippen molar-refractivity contribution in [1.29, 1.82) is 5.26 Å². The van der Waals surface area contributed by atoms with Crippen molar-refractivity contribution in [3.05, 3.63) is 35.9 Å². The maximum Gasteiger partial charge on any atom is 0.159 e. The molecule has 3 nitrogen and oxygen atoms in total. The Labute approximate surface area is 115 Å². The first kappa shape index (κ1) is 14.0. The average molecular weight is 259 g/mol. The van der Waals surface area contributed by atoms with Gasteiger partial charge in [0, 0.05) is 6.61 Å². The number of rotatable bonds is 5. The van der Waals surface area contributed by atoms with Crippen LogP contribution in [0, 0.1) is 11.3 Å². The van der Waals surface area contributed by atoms with Crippen LogP contribution in [0.2, 0.25) is 0 Å². The number of nitrogens with zero attached hydrogens (tertiary/aromatic N) is 1. The fourth-order valence-corrected chi connectivity index (χ4v) is 2.26. The van der Waals surface area contributed by atoms with E-state index in [1.807, 2.05) is 25.1 Å². The SMILES string of the molecule is CC(C#N)(CCc1ccccc1)OC1CCCCO1. The molecule has 0 aromatic heterocycles. The third-order valence-corrected chi connectivity index (χ3v) is 3.50. The van der Waals surface area contributed by atoms with Gasteiger partial charge in [0.05, 0.1) is 6.07 Å². The lowest BCUT2D eigenvalue weighted by Crippen LogP contribution is -2.35. The molecule has 1 aromatic carbocycles. The number of ether oxygens (including phenoxy) is 2. The second kappa shape index (κ2) is 6.70. The van der Waals surface area contributed by atoms with E-state index in [1.165, 1.54) is 5.56 Å². The zero-order valence-electron chi connectivity index (χ0n) is 11.5. The Kier molecular flexibility index (Phi) is 4.95. The van der Waals surface area contributed by atoms with Crippen LogP contribution in [0.25, 0.3) is 0 Å². The lowest BCUT2D eigenvalue weighted by Gasteiger charge is -2.30. The minimum atomic E-state index is -0.766. The summed E-state index contributed by atoms with van der Waals surface area (Å²) in [4.78, 5) is 0. The van der Waals surface area contributed by atoms with Crippen molar-refractivity contribution in [3.8, 4) is 6.07 Å². The van der Waals surface area contributed by atoms with Crippen LogP contribution >= 0.6 is 0 Å². The predicted molar refractivity (Wildman–Crippen MR) is 73.5 cm³/mol. The molecule has 2 atom stereocenters. The Balaban J connectivity index is 1.88. The van der Waals surface area contributed by atoms with Crippen molar-refractivity contribution in [1.82, 2.24) is 0 Å². The number of benzene rings is 1. The van der Waals surface area contributed by atoms with Crippen molar-refractivity contribution in [3.63, 3.8) is 0 Å². The van der Waals surface area contributed by atoms with Crippen molar-refractivity contribution in [2.45, 2.75) is 50.9 Å². The standard InChI is InChI=1S/C16H21NO2/c1-16(13-17,19-15-9-5-6-12-18-15)11-10-14-7-3-2-4-8-14/h2-4,7-8,15H,5-6,9-12H2,1H3. The molecular weight excluding hydrogens is 238 g/mol. The van der Waals surface area contributed by atoms with Crippen molar-refractivity contribution >= 4 is 0 Å². The first-order valence-corrected chi connectivity index (χ1v) is 6.96. The molecule has 102 valence electrons. The molecule has 0 saturated carbocycles. The second-order valence-electron chi connectivity index (χ2n) is 5.24. The lowest BCUT2D eigenvalue weighted by atomic mass is 9.98. The summed E-state index contributed by atoms with van der Waals surface area (Å²) in [5, 5.41) is 9.36. The van der Waals surface area contributed by atoms with Crippen LogP contribution in [0.5, 0.6) is 0 Å². The summed E-state index contributed by atoms with van der Waals surface area (Å²) in [6.45, 7) is 2.60. The molecule has 1 aliphatic heterocycles. The van der Waals surface area contributed by atoms with Crippen LogP contribution in [0.3, 0.4) is 0 Å². The van der Waals surface area contributed by atoms with Gasteiger partial charge < -0.3 is 9.47 Å². The first-order chi connectivity index (χ1) is 9.22. The molecule has 0 N–H and O–H groups in total. The molecule has 1 saturated heterocycles. The van der Waals surface area contributed by atoms with Crippen molar-refractivity contribution in [2.75, 3.05) is 6.61 Å². The van der Waals surface area contributed by atoms with Gasteiger partial charge in [0.15, 0.2) is 11.9 Å². The second-order valence-corrected chi connectivity index (χ2v) is 5.24. The van der Waals surface area contributed by atoms with Crippen LogP contribution in [-0.4, -0.2) is 18.5 Å². The molecule has 2 rings (SSSR count). The van der Waals surface area contributed by atoms with Crippen LogP contribution in [0.1, 0.15) is 38.2 Å². The van der Waals surface area contributed by atoms with Gasteiger partial charge in [-0.2, -0.15) is 5.26 Å². The monoisotopic (exact) mass is 259 g/mol. The molecule has 2 unspecified atom stereocenters. The normalized spacial score (nSPS) is 22.4. The molecule has 0 radical (unpaired) electrons. The molecule has 3 heteroatoms. The average Bonchev–Trinajstić information content (AvgIpc) is 2.47. The van der Waals surface area contributed by atoms with Gasteiger partial charge >= 0.3 is 0 Å². The molecular formula is C16H21NO2. The largest absolute Gasteiger partial charge is 0.353 e. The highest BCUT2D eigenvalue weighted by molar-refractivity contribution is 5.16. The van der Waals surface area contributed by atoms with E-state index in [9.17, 15) is 5.26 Å². The molecule has 0 bridgehead atoms. The fraction of sp³-hybridized carbons (Fsp3) is 0.562. The van der Waals surface area contributed by atoms with E-state index in [2.05, 4.69) is 18.2 Å². The highest BCUT2D eigenvalue weighted by atomic mass is 16.7. The van der Waals surface area contributed by atoms with E-state index in [1.54, 1.807) is 0 Å². The van der Waals surface area contributed by atoms with Crippen LogP contribution in [0.4, 0.5) is 0 Å². The third-order valence-electron chi connectivity index (χ3n) is 3.50. The van der Waals surface area contributed by atoms with Gasteiger partial charge in [-0.05, 0) is 44.6 Å². The topological polar surface area (TPSA) is 42.2 Å². The molecule has 19 heavy (non-hydrogen) atoms. The molecule has 1 heterocycles. The van der Waals surface area contributed by atoms with Gasteiger partial charge in [-0.3, -0.25) is 0 Å². The highest BCUT2D eigenvalue weighted by Crippen LogP contribution is 2.24. The summed E-state index contributed by atoms with van der Waals surface area (Å²) in [6.07, 6.45) is 4.42. The zero-order chi connectivity index (χ0) is 13.6.